The Balaban J connectivity index is 2.37. The maximum Gasteiger partial charge on any atom is 0.304 e. The van der Waals surface area contributed by atoms with Crippen LogP contribution >= 0.6 is 0 Å². The summed E-state index contributed by atoms with van der Waals surface area (Å²) < 4.78 is 0. The van der Waals surface area contributed by atoms with Gasteiger partial charge in [-0.05, 0) is 43.4 Å². The second kappa shape index (κ2) is 3.37. The Morgan fingerprint density at radius 1 is 1.40 bits per heavy atom. The molecule has 2 rings (SSSR count). The van der Waals surface area contributed by atoms with Crippen molar-refractivity contribution in [1.82, 2.24) is 0 Å². The van der Waals surface area contributed by atoms with E-state index in [4.69, 9.17) is 5.11 Å². The molecule has 2 nitrogen and oxygen atoms in total. The van der Waals surface area contributed by atoms with Gasteiger partial charge in [0.2, 0.25) is 0 Å². The molecule has 0 amide bonds. The second-order valence-electron chi connectivity index (χ2n) is 4.60. The topological polar surface area (TPSA) is 37.3 Å². The van der Waals surface area contributed by atoms with E-state index in [1.807, 2.05) is 6.07 Å². The predicted octanol–water partition coefficient (Wildman–Crippen LogP) is 2.81. The van der Waals surface area contributed by atoms with Crippen LogP contribution in [-0.4, -0.2) is 11.1 Å². The van der Waals surface area contributed by atoms with Crippen LogP contribution in [0.5, 0.6) is 0 Å². The maximum absolute atomic E-state index is 10.8. The SMILES string of the molecule is Cc1cccc(C2(CC(=O)O)CC2)c1C. The van der Waals surface area contributed by atoms with Crippen LogP contribution in [0.25, 0.3) is 0 Å². The Bertz CT molecular complexity index is 403. The van der Waals surface area contributed by atoms with E-state index < -0.39 is 5.97 Å². The first-order valence-corrected chi connectivity index (χ1v) is 5.34. The summed E-state index contributed by atoms with van der Waals surface area (Å²) in [5.41, 5.74) is 3.70. The van der Waals surface area contributed by atoms with Gasteiger partial charge in [0.05, 0.1) is 6.42 Å². The molecule has 0 radical (unpaired) electrons. The third kappa shape index (κ3) is 1.76. The van der Waals surface area contributed by atoms with Crippen LogP contribution in [0.3, 0.4) is 0 Å². The summed E-state index contributed by atoms with van der Waals surface area (Å²) in [6.07, 6.45) is 2.31. The lowest BCUT2D eigenvalue weighted by Crippen LogP contribution is -2.14. The van der Waals surface area contributed by atoms with Crippen LogP contribution in [0, 0.1) is 13.8 Å². The normalized spacial score (nSPS) is 17.5. The van der Waals surface area contributed by atoms with Crippen LogP contribution in [0.2, 0.25) is 0 Å². The van der Waals surface area contributed by atoms with E-state index in [-0.39, 0.29) is 11.8 Å². The van der Waals surface area contributed by atoms with E-state index in [2.05, 4.69) is 26.0 Å². The van der Waals surface area contributed by atoms with Gasteiger partial charge in [0, 0.05) is 5.41 Å². The fourth-order valence-electron chi connectivity index (χ4n) is 2.31. The molecule has 1 aliphatic carbocycles. The summed E-state index contributed by atoms with van der Waals surface area (Å²) in [6, 6.07) is 6.19. The van der Waals surface area contributed by atoms with Crippen molar-refractivity contribution in [3.63, 3.8) is 0 Å². The molecule has 0 unspecified atom stereocenters. The van der Waals surface area contributed by atoms with Crippen molar-refractivity contribution in [2.24, 2.45) is 0 Å². The smallest absolute Gasteiger partial charge is 0.304 e. The summed E-state index contributed by atoms with van der Waals surface area (Å²) in [7, 11) is 0. The highest BCUT2D eigenvalue weighted by atomic mass is 16.4. The van der Waals surface area contributed by atoms with Crippen LogP contribution in [-0.2, 0) is 10.2 Å². The molecular weight excluding hydrogens is 188 g/mol. The van der Waals surface area contributed by atoms with Crippen molar-refractivity contribution >= 4 is 5.97 Å². The van der Waals surface area contributed by atoms with Crippen LogP contribution in [0.15, 0.2) is 18.2 Å². The first-order chi connectivity index (χ1) is 7.05. The van der Waals surface area contributed by atoms with E-state index in [1.165, 1.54) is 16.7 Å². The minimum absolute atomic E-state index is 0.0536. The zero-order chi connectivity index (χ0) is 11.1. The van der Waals surface area contributed by atoms with E-state index >= 15 is 0 Å². The Morgan fingerprint density at radius 3 is 2.60 bits per heavy atom. The molecule has 1 aromatic carbocycles. The minimum atomic E-state index is -0.687. The van der Waals surface area contributed by atoms with Crippen LogP contribution in [0.1, 0.15) is 36.0 Å². The summed E-state index contributed by atoms with van der Waals surface area (Å²) in [4.78, 5) is 10.8. The molecule has 0 atom stereocenters. The van der Waals surface area contributed by atoms with Gasteiger partial charge in [0.25, 0.3) is 0 Å². The molecule has 0 aliphatic heterocycles. The molecule has 0 saturated heterocycles. The Morgan fingerprint density at radius 2 is 2.07 bits per heavy atom. The van der Waals surface area contributed by atoms with Gasteiger partial charge >= 0.3 is 5.97 Å². The number of carbonyl (C=O) groups is 1. The van der Waals surface area contributed by atoms with Crippen molar-refractivity contribution < 1.29 is 9.90 Å². The molecule has 1 aromatic rings. The van der Waals surface area contributed by atoms with Crippen molar-refractivity contribution in [2.45, 2.75) is 38.5 Å². The molecule has 0 aromatic heterocycles. The Kier molecular flexibility index (Phi) is 2.29. The molecule has 0 heterocycles. The van der Waals surface area contributed by atoms with E-state index in [0.29, 0.717) is 0 Å². The number of aryl methyl sites for hydroxylation is 1. The van der Waals surface area contributed by atoms with Gasteiger partial charge in [-0.1, -0.05) is 18.2 Å². The fraction of sp³-hybridized carbons (Fsp3) is 0.462. The zero-order valence-corrected chi connectivity index (χ0v) is 9.21. The summed E-state index contributed by atoms with van der Waals surface area (Å²) >= 11 is 0. The highest BCUT2D eigenvalue weighted by Crippen LogP contribution is 2.52. The average molecular weight is 204 g/mol. The first-order valence-electron chi connectivity index (χ1n) is 5.34. The molecule has 0 bridgehead atoms. The van der Waals surface area contributed by atoms with Gasteiger partial charge in [-0.2, -0.15) is 0 Å². The van der Waals surface area contributed by atoms with Gasteiger partial charge in [-0.15, -0.1) is 0 Å². The van der Waals surface area contributed by atoms with E-state index in [0.717, 1.165) is 12.8 Å². The van der Waals surface area contributed by atoms with Gasteiger partial charge < -0.3 is 5.11 Å². The van der Waals surface area contributed by atoms with E-state index in [1.54, 1.807) is 0 Å². The zero-order valence-electron chi connectivity index (χ0n) is 9.21. The maximum atomic E-state index is 10.8. The Labute approximate surface area is 89.9 Å². The third-order valence-corrected chi connectivity index (χ3v) is 3.52. The highest BCUT2D eigenvalue weighted by molar-refractivity contribution is 5.70. The monoisotopic (exact) mass is 204 g/mol. The van der Waals surface area contributed by atoms with Gasteiger partial charge in [0.1, 0.15) is 0 Å². The van der Waals surface area contributed by atoms with Crippen molar-refractivity contribution in [2.75, 3.05) is 0 Å². The number of hydrogen-bond donors (Lipinski definition) is 1. The van der Waals surface area contributed by atoms with Crippen LogP contribution < -0.4 is 0 Å². The lowest BCUT2D eigenvalue weighted by Gasteiger charge is -2.17. The van der Waals surface area contributed by atoms with Gasteiger partial charge in [-0.3, -0.25) is 4.79 Å². The molecule has 1 saturated carbocycles. The molecule has 15 heavy (non-hydrogen) atoms. The largest absolute Gasteiger partial charge is 0.481 e. The fourth-order valence-corrected chi connectivity index (χ4v) is 2.31. The van der Waals surface area contributed by atoms with Gasteiger partial charge in [0.15, 0.2) is 0 Å². The quantitative estimate of drug-likeness (QED) is 0.822. The third-order valence-electron chi connectivity index (χ3n) is 3.52. The van der Waals surface area contributed by atoms with Crippen molar-refractivity contribution in [3.8, 4) is 0 Å². The first kappa shape index (κ1) is 10.2. The number of hydrogen-bond acceptors (Lipinski definition) is 1. The van der Waals surface area contributed by atoms with Gasteiger partial charge in [-0.25, -0.2) is 0 Å². The molecule has 2 heteroatoms. The summed E-state index contributed by atoms with van der Waals surface area (Å²) in [6.45, 7) is 4.17. The predicted molar refractivity (Wildman–Crippen MR) is 59.1 cm³/mol. The molecule has 80 valence electrons. The van der Waals surface area contributed by atoms with Crippen molar-refractivity contribution in [3.05, 3.63) is 34.9 Å². The minimum Gasteiger partial charge on any atom is -0.481 e. The highest BCUT2D eigenvalue weighted by Gasteiger charge is 2.46. The standard InChI is InChI=1S/C13H16O2/c1-9-4-3-5-11(10(9)2)13(6-7-13)8-12(14)15/h3-5H,6-8H2,1-2H3,(H,14,15). The second-order valence-corrected chi connectivity index (χ2v) is 4.60. The molecule has 1 fully saturated rings. The van der Waals surface area contributed by atoms with Crippen LogP contribution in [0.4, 0.5) is 0 Å². The molecule has 1 N–H and O–H groups in total. The number of rotatable bonds is 3. The molecule has 0 spiro atoms. The summed E-state index contributed by atoms with van der Waals surface area (Å²) in [5.74, 6) is -0.687. The Hall–Kier alpha value is -1.31. The molecule has 1 aliphatic rings. The number of benzene rings is 1. The molecular formula is C13H16O2. The number of carboxylic acids is 1. The van der Waals surface area contributed by atoms with E-state index in [9.17, 15) is 4.79 Å². The summed E-state index contributed by atoms with van der Waals surface area (Å²) in [5, 5.41) is 8.91. The lowest BCUT2D eigenvalue weighted by atomic mass is 9.87. The number of carboxylic acid groups (broad SMARTS) is 1. The average Bonchev–Trinajstić information content (AvgIpc) is 2.89. The number of aliphatic carboxylic acids is 1. The lowest BCUT2D eigenvalue weighted by molar-refractivity contribution is -0.137. The van der Waals surface area contributed by atoms with Crippen molar-refractivity contribution in [1.29, 1.82) is 0 Å².